The van der Waals surface area contributed by atoms with E-state index >= 15 is 0 Å². The molecule has 0 spiro atoms. The summed E-state index contributed by atoms with van der Waals surface area (Å²) < 4.78 is 0. The number of thiazole rings is 1. The number of nitrogens with zero attached hydrogens (tertiary/aromatic N) is 3. The van der Waals surface area contributed by atoms with Crippen LogP contribution in [0.3, 0.4) is 0 Å². The van der Waals surface area contributed by atoms with E-state index in [1.165, 1.54) is 36.8 Å². The molecule has 2 heterocycles. The van der Waals surface area contributed by atoms with Crippen LogP contribution in [0, 0.1) is 0 Å². The van der Waals surface area contributed by atoms with Crippen LogP contribution in [0.5, 0.6) is 0 Å². The van der Waals surface area contributed by atoms with E-state index in [-0.39, 0.29) is 0 Å². The SMILES string of the molecule is CNCc1nc(CN2CCCN(C)CC2)cs1. The van der Waals surface area contributed by atoms with Crippen LogP contribution in [0.15, 0.2) is 5.38 Å². The van der Waals surface area contributed by atoms with Crippen LogP contribution in [0.1, 0.15) is 17.1 Å². The molecule has 1 aromatic rings. The lowest BCUT2D eigenvalue weighted by Crippen LogP contribution is -2.28. The monoisotopic (exact) mass is 254 g/mol. The summed E-state index contributed by atoms with van der Waals surface area (Å²) in [6, 6.07) is 0. The molecule has 0 saturated carbocycles. The first kappa shape index (κ1) is 13.0. The van der Waals surface area contributed by atoms with Crippen molar-refractivity contribution in [3.63, 3.8) is 0 Å². The third-order valence-corrected chi connectivity index (χ3v) is 4.02. The lowest BCUT2D eigenvalue weighted by atomic mass is 10.3. The number of likely N-dealkylation sites (N-methyl/N-ethyl adjacent to an activating group) is 1. The van der Waals surface area contributed by atoms with Crippen molar-refractivity contribution in [3.8, 4) is 0 Å². The molecule has 1 saturated heterocycles. The van der Waals surface area contributed by atoms with Crippen LogP contribution < -0.4 is 5.32 Å². The Morgan fingerprint density at radius 3 is 3.06 bits per heavy atom. The fraction of sp³-hybridized carbons (Fsp3) is 0.750. The van der Waals surface area contributed by atoms with Crippen molar-refractivity contribution in [3.05, 3.63) is 16.1 Å². The molecule has 96 valence electrons. The standard InChI is InChI=1S/C12H22N4S/c1-13-8-12-14-11(10-17-12)9-16-5-3-4-15(2)6-7-16/h10,13H,3-9H2,1-2H3. The summed E-state index contributed by atoms with van der Waals surface area (Å²) in [5.41, 5.74) is 1.23. The van der Waals surface area contributed by atoms with Crippen LogP contribution >= 0.6 is 11.3 Å². The molecule has 0 unspecified atom stereocenters. The van der Waals surface area contributed by atoms with Crippen molar-refractivity contribution in [2.24, 2.45) is 0 Å². The summed E-state index contributed by atoms with van der Waals surface area (Å²) >= 11 is 1.76. The first-order valence-corrected chi connectivity index (χ1v) is 7.14. The average Bonchev–Trinajstić information content (AvgIpc) is 2.63. The molecule has 4 nitrogen and oxygen atoms in total. The lowest BCUT2D eigenvalue weighted by Gasteiger charge is -2.18. The predicted octanol–water partition coefficient (Wildman–Crippen LogP) is 1.00. The third-order valence-electron chi connectivity index (χ3n) is 3.13. The number of aromatic nitrogens is 1. The molecule has 1 aromatic heterocycles. The van der Waals surface area contributed by atoms with E-state index in [4.69, 9.17) is 0 Å². The van der Waals surface area contributed by atoms with Gasteiger partial charge in [0.1, 0.15) is 5.01 Å². The summed E-state index contributed by atoms with van der Waals surface area (Å²) in [4.78, 5) is 9.57. The molecular weight excluding hydrogens is 232 g/mol. The zero-order chi connectivity index (χ0) is 12.1. The van der Waals surface area contributed by atoms with Gasteiger partial charge in [-0.15, -0.1) is 11.3 Å². The molecule has 0 bridgehead atoms. The second-order valence-corrected chi connectivity index (χ2v) is 5.64. The Morgan fingerprint density at radius 2 is 2.24 bits per heavy atom. The van der Waals surface area contributed by atoms with Crippen LogP contribution in [-0.2, 0) is 13.1 Å². The van der Waals surface area contributed by atoms with Gasteiger partial charge in [-0.1, -0.05) is 0 Å². The quantitative estimate of drug-likeness (QED) is 0.868. The molecule has 17 heavy (non-hydrogen) atoms. The molecule has 1 fully saturated rings. The van der Waals surface area contributed by atoms with Gasteiger partial charge in [0.2, 0.25) is 0 Å². The smallest absolute Gasteiger partial charge is 0.107 e. The number of hydrogen-bond donors (Lipinski definition) is 1. The minimum atomic E-state index is 0.882. The van der Waals surface area contributed by atoms with Gasteiger partial charge in [0.25, 0.3) is 0 Å². The predicted molar refractivity (Wildman–Crippen MR) is 72.3 cm³/mol. The zero-order valence-electron chi connectivity index (χ0n) is 10.8. The highest BCUT2D eigenvalue weighted by molar-refractivity contribution is 7.09. The van der Waals surface area contributed by atoms with E-state index < -0.39 is 0 Å². The maximum Gasteiger partial charge on any atom is 0.107 e. The van der Waals surface area contributed by atoms with E-state index in [1.807, 2.05) is 7.05 Å². The van der Waals surface area contributed by atoms with Crippen LogP contribution in [-0.4, -0.2) is 55.1 Å². The Balaban J connectivity index is 1.86. The van der Waals surface area contributed by atoms with Gasteiger partial charge in [-0.2, -0.15) is 0 Å². The largest absolute Gasteiger partial charge is 0.314 e. The third kappa shape index (κ3) is 4.03. The molecular formula is C12H22N4S. The second kappa shape index (κ2) is 6.44. The first-order valence-electron chi connectivity index (χ1n) is 6.26. The van der Waals surface area contributed by atoms with E-state index in [9.17, 15) is 0 Å². The van der Waals surface area contributed by atoms with E-state index in [0.29, 0.717) is 0 Å². The van der Waals surface area contributed by atoms with Gasteiger partial charge in [-0.3, -0.25) is 4.90 Å². The van der Waals surface area contributed by atoms with Crippen molar-refractivity contribution >= 4 is 11.3 Å². The van der Waals surface area contributed by atoms with Gasteiger partial charge in [0.05, 0.1) is 5.69 Å². The van der Waals surface area contributed by atoms with Crippen molar-refractivity contribution in [2.45, 2.75) is 19.5 Å². The molecule has 1 aliphatic rings. The topological polar surface area (TPSA) is 31.4 Å². The Hall–Kier alpha value is -0.490. The van der Waals surface area contributed by atoms with E-state index in [0.717, 1.165) is 19.6 Å². The molecule has 0 radical (unpaired) electrons. The summed E-state index contributed by atoms with van der Waals surface area (Å²) in [6.07, 6.45) is 1.27. The van der Waals surface area contributed by atoms with Gasteiger partial charge in [0, 0.05) is 31.6 Å². The highest BCUT2D eigenvalue weighted by Gasteiger charge is 2.13. The minimum absolute atomic E-state index is 0.882. The molecule has 1 N–H and O–H groups in total. The summed E-state index contributed by atoms with van der Waals surface area (Å²) in [7, 11) is 4.17. The molecule has 0 aliphatic carbocycles. The maximum absolute atomic E-state index is 4.64. The number of hydrogen-bond acceptors (Lipinski definition) is 5. The van der Waals surface area contributed by atoms with Crippen LogP contribution in [0.2, 0.25) is 0 Å². The Labute approximate surface area is 108 Å². The highest BCUT2D eigenvalue weighted by Crippen LogP contribution is 2.12. The van der Waals surface area contributed by atoms with Gasteiger partial charge in [-0.05, 0) is 33.6 Å². The van der Waals surface area contributed by atoms with Crippen molar-refractivity contribution in [2.75, 3.05) is 40.3 Å². The molecule has 1 aliphatic heterocycles. The van der Waals surface area contributed by atoms with Crippen molar-refractivity contribution in [1.29, 1.82) is 0 Å². The summed E-state index contributed by atoms with van der Waals surface area (Å²) in [5, 5.41) is 6.53. The van der Waals surface area contributed by atoms with Gasteiger partial charge >= 0.3 is 0 Å². The summed E-state index contributed by atoms with van der Waals surface area (Å²) in [5.74, 6) is 0. The molecule has 2 rings (SSSR count). The summed E-state index contributed by atoms with van der Waals surface area (Å²) in [6.45, 7) is 6.64. The molecule has 0 aromatic carbocycles. The Bertz CT molecular complexity index is 339. The van der Waals surface area contributed by atoms with Gasteiger partial charge < -0.3 is 10.2 Å². The molecule has 0 amide bonds. The second-order valence-electron chi connectivity index (χ2n) is 4.70. The van der Waals surface area contributed by atoms with Gasteiger partial charge in [0.15, 0.2) is 0 Å². The lowest BCUT2D eigenvalue weighted by molar-refractivity contribution is 0.267. The van der Waals surface area contributed by atoms with Crippen molar-refractivity contribution < 1.29 is 0 Å². The first-order chi connectivity index (χ1) is 8.28. The zero-order valence-corrected chi connectivity index (χ0v) is 11.6. The number of rotatable bonds is 4. The highest BCUT2D eigenvalue weighted by atomic mass is 32.1. The van der Waals surface area contributed by atoms with Crippen LogP contribution in [0.25, 0.3) is 0 Å². The number of nitrogens with one attached hydrogen (secondary N) is 1. The molecule has 5 heteroatoms. The minimum Gasteiger partial charge on any atom is -0.314 e. The van der Waals surface area contributed by atoms with Crippen LogP contribution in [0.4, 0.5) is 0 Å². The fourth-order valence-electron chi connectivity index (χ4n) is 2.14. The fourth-order valence-corrected chi connectivity index (χ4v) is 2.94. The Kier molecular flexibility index (Phi) is 4.91. The Morgan fingerprint density at radius 1 is 1.35 bits per heavy atom. The average molecular weight is 254 g/mol. The normalized spacial score (nSPS) is 19.4. The van der Waals surface area contributed by atoms with Gasteiger partial charge in [-0.25, -0.2) is 4.98 Å². The molecule has 0 atom stereocenters. The van der Waals surface area contributed by atoms with Crippen molar-refractivity contribution in [1.82, 2.24) is 20.1 Å². The van der Waals surface area contributed by atoms with E-state index in [2.05, 4.69) is 32.5 Å². The maximum atomic E-state index is 4.64. The van der Waals surface area contributed by atoms with E-state index in [1.54, 1.807) is 11.3 Å².